The number of unbranched alkanes of at least 4 members (excludes halogenated alkanes) is 42. The highest BCUT2D eigenvalue weighted by atomic mass is 31.2. The molecule has 10 heteroatoms. The number of allylic oxidation sites excluding steroid dienone is 2. The van der Waals surface area contributed by atoms with E-state index in [1.807, 2.05) is 21.1 Å². The fourth-order valence-electron chi connectivity index (χ4n) is 9.25. The Hall–Kier alpha value is -1.25. The first-order valence-corrected chi connectivity index (χ1v) is 32.4. The topological polar surface area (TPSA) is 108 Å². The minimum atomic E-state index is -4.38. The number of likely N-dealkylation sites (N-methyl/N-ethyl adjacent to an activating group) is 1. The van der Waals surface area contributed by atoms with Crippen LogP contribution >= 0.6 is 7.82 Å². The molecule has 422 valence electrons. The van der Waals surface area contributed by atoms with Crippen molar-refractivity contribution in [3.8, 4) is 0 Å². The van der Waals surface area contributed by atoms with Crippen molar-refractivity contribution in [1.29, 1.82) is 0 Å². The second-order valence-electron chi connectivity index (χ2n) is 22.5. The monoisotopic (exact) mass is 1030 g/mol. The molecule has 2 atom stereocenters. The third kappa shape index (κ3) is 57.9. The number of rotatable bonds is 58. The molecule has 0 saturated heterocycles. The lowest BCUT2D eigenvalue weighted by Crippen LogP contribution is -2.37. The van der Waals surface area contributed by atoms with Crippen molar-refractivity contribution >= 4 is 19.8 Å². The zero-order valence-corrected chi connectivity index (χ0v) is 48.9. The number of nitrogens with zero attached hydrogens (tertiary/aromatic N) is 1. The second kappa shape index (κ2) is 53.6. The molecular formula is C61H121NO8P+. The average molecular weight is 1030 g/mol. The minimum Gasteiger partial charge on any atom is -0.462 e. The molecule has 2 unspecified atom stereocenters. The van der Waals surface area contributed by atoms with Crippen LogP contribution in [0, 0.1) is 0 Å². The Balaban J connectivity index is 3.92. The summed E-state index contributed by atoms with van der Waals surface area (Å²) < 4.78 is 34.5. The lowest BCUT2D eigenvalue weighted by atomic mass is 10.0. The lowest BCUT2D eigenvalue weighted by Gasteiger charge is -2.24. The van der Waals surface area contributed by atoms with Gasteiger partial charge in [-0.25, -0.2) is 4.57 Å². The predicted octanol–water partition coefficient (Wildman–Crippen LogP) is 19.2. The van der Waals surface area contributed by atoms with Gasteiger partial charge < -0.3 is 18.9 Å². The zero-order chi connectivity index (χ0) is 52.0. The van der Waals surface area contributed by atoms with E-state index in [0.717, 1.165) is 51.4 Å². The molecule has 0 aliphatic carbocycles. The normalized spacial score (nSPS) is 13.3. The summed E-state index contributed by atoms with van der Waals surface area (Å²) in [6, 6.07) is 0. The van der Waals surface area contributed by atoms with E-state index < -0.39 is 26.5 Å². The molecule has 0 aliphatic heterocycles. The third-order valence-corrected chi connectivity index (χ3v) is 15.0. The molecule has 0 heterocycles. The maximum absolute atomic E-state index is 12.8. The van der Waals surface area contributed by atoms with E-state index >= 15 is 0 Å². The number of phosphoric ester groups is 1. The van der Waals surface area contributed by atoms with Crippen LogP contribution in [0.1, 0.15) is 316 Å². The highest BCUT2D eigenvalue weighted by Crippen LogP contribution is 2.43. The zero-order valence-electron chi connectivity index (χ0n) is 48.0. The molecule has 71 heavy (non-hydrogen) atoms. The summed E-state index contributed by atoms with van der Waals surface area (Å²) in [5, 5.41) is 0. The summed E-state index contributed by atoms with van der Waals surface area (Å²) in [6.45, 7) is 4.47. The molecule has 0 aromatic carbocycles. The highest BCUT2D eigenvalue weighted by molar-refractivity contribution is 7.47. The van der Waals surface area contributed by atoms with Gasteiger partial charge in [0.05, 0.1) is 27.7 Å². The molecule has 0 spiro atoms. The van der Waals surface area contributed by atoms with E-state index in [9.17, 15) is 19.0 Å². The lowest BCUT2D eigenvalue weighted by molar-refractivity contribution is -0.870. The van der Waals surface area contributed by atoms with Crippen LogP contribution in [0.2, 0.25) is 0 Å². The first kappa shape index (κ1) is 69.8. The maximum Gasteiger partial charge on any atom is 0.472 e. The van der Waals surface area contributed by atoms with Gasteiger partial charge in [-0.1, -0.05) is 276 Å². The van der Waals surface area contributed by atoms with Gasteiger partial charge >= 0.3 is 19.8 Å². The molecule has 0 aromatic heterocycles. The van der Waals surface area contributed by atoms with Gasteiger partial charge in [-0.2, -0.15) is 0 Å². The fourth-order valence-corrected chi connectivity index (χ4v) is 9.99. The first-order valence-electron chi connectivity index (χ1n) is 30.9. The van der Waals surface area contributed by atoms with Crippen molar-refractivity contribution in [2.24, 2.45) is 0 Å². The molecular weight excluding hydrogens is 906 g/mol. The largest absolute Gasteiger partial charge is 0.472 e. The summed E-state index contributed by atoms with van der Waals surface area (Å²) in [5.74, 6) is -0.790. The summed E-state index contributed by atoms with van der Waals surface area (Å²) in [5.41, 5.74) is 0. The van der Waals surface area contributed by atoms with Gasteiger partial charge in [0.15, 0.2) is 6.10 Å². The van der Waals surface area contributed by atoms with Crippen molar-refractivity contribution < 1.29 is 42.1 Å². The van der Waals surface area contributed by atoms with Crippen molar-refractivity contribution in [1.82, 2.24) is 0 Å². The van der Waals surface area contributed by atoms with Crippen LogP contribution in [0.15, 0.2) is 12.2 Å². The van der Waals surface area contributed by atoms with Gasteiger partial charge in [0.1, 0.15) is 19.8 Å². The number of quaternary nitrogens is 1. The van der Waals surface area contributed by atoms with E-state index in [1.165, 1.54) is 231 Å². The van der Waals surface area contributed by atoms with Crippen LogP contribution in [-0.2, 0) is 32.7 Å². The van der Waals surface area contributed by atoms with Crippen LogP contribution in [-0.4, -0.2) is 74.9 Å². The SMILES string of the molecule is CCCCCCC/C=C\CCCCCCCC(=O)OC(COC(=O)CCCCCCCCCCCCCCCCCCCCCCCCCCCCCCCCCCC)COP(=O)(O)OCC[N+](C)(C)C. The molecule has 0 aromatic rings. The van der Waals surface area contributed by atoms with Crippen LogP contribution in [0.4, 0.5) is 0 Å². The van der Waals surface area contributed by atoms with Gasteiger partial charge in [0.25, 0.3) is 0 Å². The smallest absolute Gasteiger partial charge is 0.462 e. The maximum atomic E-state index is 12.8. The Morgan fingerprint density at radius 3 is 1.04 bits per heavy atom. The number of carbonyl (C=O) groups excluding carboxylic acids is 2. The number of hydrogen-bond donors (Lipinski definition) is 1. The van der Waals surface area contributed by atoms with E-state index in [1.54, 1.807) is 0 Å². The van der Waals surface area contributed by atoms with Crippen LogP contribution in [0.5, 0.6) is 0 Å². The molecule has 0 radical (unpaired) electrons. The quantitative estimate of drug-likeness (QED) is 0.0211. The molecule has 9 nitrogen and oxygen atoms in total. The molecule has 0 saturated carbocycles. The Kier molecular flexibility index (Phi) is 52.6. The Morgan fingerprint density at radius 1 is 0.423 bits per heavy atom. The van der Waals surface area contributed by atoms with Crippen molar-refractivity contribution in [2.75, 3.05) is 47.5 Å². The van der Waals surface area contributed by atoms with Crippen molar-refractivity contribution in [3.05, 3.63) is 12.2 Å². The molecule has 0 rings (SSSR count). The number of carbonyl (C=O) groups is 2. The van der Waals surface area contributed by atoms with Gasteiger partial charge in [0, 0.05) is 12.8 Å². The fraction of sp³-hybridized carbons (Fsp3) is 0.934. The van der Waals surface area contributed by atoms with Gasteiger partial charge in [-0.15, -0.1) is 0 Å². The van der Waals surface area contributed by atoms with Crippen LogP contribution in [0.25, 0.3) is 0 Å². The van der Waals surface area contributed by atoms with E-state index in [2.05, 4.69) is 26.0 Å². The van der Waals surface area contributed by atoms with E-state index in [-0.39, 0.29) is 25.6 Å². The summed E-state index contributed by atoms with van der Waals surface area (Å²) in [4.78, 5) is 35.6. The van der Waals surface area contributed by atoms with E-state index in [4.69, 9.17) is 18.5 Å². The molecule has 0 aliphatic rings. The number of ether oxygens (including phenoxy) is 2. The Bertz CT molecular complexity index is 1210. The van der Waals surface area contributed by atoms with Crippen LogP contribution in [0.3, 0.4) is 0 Å². The van der Waals surface area contributed by atoms with E-state index in [0.29, 0.717) is 23.9 Å². The summed E-state index contributed by atoms with van der Waals surface area (Å²) in [7, 11) is 1.49. The molecule has 0 bridgehead atoms. The average Bonchev–Trinajstić information content (AvgIpc) is 3.33. The van der Waals surface area contributed by atoms with Crippen molar-refractivity contribution in [2.45, 2.75) is 322 Å². The van der Waals surface area contributed by atoms with Crippen LogP contribution < -0.4 is 0 Å². The number of hydrogen-bond acceptors (Lipinski definition) is 7. The van der Waals surface area contributed by atoms with Gasteiger partial charge in [-0.05, 0) is 38.5 Å². The molecule has 0 fully saturated rings. The Morgan fingerprint density at radius 2 is 0.718 bits per heavy atom. The highest BCUT2D eigenvalue weighted by Gasteiger charge is 2.27. The first-order chi connectivity index (χ1) is 34.5. The number of phosphoric acid groups is 1. The minimum absolute atomic E-state index is 0.0336. The van der Waals surface area contributed by atoms with Gasteiger partial charge in [0.2, 0.25) is 0 Å². The Labute approximate surface area is 441 Å². The predicted molar refractivity (Wildman–Crippen MR) is 303 cm³/mol. The number of esters is 2. The summed E-state index contributed by atoms with van der Waals surface area (Å²) in [6.07, 6.45) is 63.2. The molecule has 0 amide bonds. The van der Waals surface area contributed by atoms with Gasteiger partial charge in [-0.3, -0.25) is 18.6 Å². The summed E-state index contributed by atoms with van der Waals surface area (Å²) >= 11 is 0. The third-order valence-electron chi connectivity index (χ3n) is 14.0. The molecule has 1 N–H and O–H groups in total. The second-order valence-corrected chi connectivity index (χ2v) is 23.9. The van der Waals surface area contributed by atoms with Crippen molar-refractivity contribution in [3.63, 3.8) is 0 Å². The standard InChI is InChI=1S/C61H120NO8P/c1-6-8-10-12-14-16-18-20-22-23-24-25-26-27-28-29-30-31-32-33-34-35-36-37-38-39-40-42-43-45-47-49-51-53-60(63)67-57-59(58-69-71(65,66)68-56-55-62(3,4)5)70-61(64)54-52-50-48-46-44-41-21-19-17-15-13-11-9-7-2/h19,21,59H,6-18,20,22-58H2,1-5H3/p+1/b21-19-.